The van der Waals surface area contributed by atoms with Gasteiger partial charge >= 0.3 is 6.03 Å². The van der Waals surface area contributed by atoms with E-state index in [4.69, 9.17) is 4.74 Å². The number of carbonyl (C=O) groups excluding carboxylic acids is 3. The summed E-state index contributed by atoms with van der Waals surface area (Å²) in [6.07, 6.45) is 4.05. The van der Waals surface area contributed by atoms with E-state index in [0.29, 0.717) is 24.5 Å². The van der Waals surface area contributed by atoms with Crippen molar-refractivity contribution in [2.24, 2.45) is 11.3 Å². The minimum atomic E-state index is -0.872. The van der Waals surface area contributed by atoms with E-state index in [9.17, 15) is 18.8 Å². The molecule has 2 fully saturated rings. The zero-order valence-electron chi connectivity index (χ0n) is 18.5. The van der Waals surface area contributed by atoms with E-state index in [0.717, 1.165) is 24.2 Å². The zero-order valence-corrected chi connectivity index (χ0v) is 18.5. The molecule has 1 aliphatic heterocycles. The highest BCUT2D eigenvalue weighted by Gasteiger charge is 2.53. The van der Waals surface area contributed by atoms with Crippen molar-refractivity contribution >= 4 is 17.8 Å². The van der Waals surface area contributed by atoms with Gasteiger partial charge in [0, 0.05) is 0 Å². The van der Waals surface area contributed by atoms with Gasteiger partial charge in [-0.15, -0.1) is 0 Å². The third kappa shape index (κ3) is 5.17. The lowest BCUT2D eigenvalue weighted by atomic mass is 9.65. The molecule has 3 rings (SSSR count). The number of ether oxygens (including phenoxy) is 1. The molecule has 1 saturated heterocycles. The maximum absolute atomic E-state index is 13.0. The molecular formula is C23H32FN3O4. The average Bonchev–Trinajstić information content (AvgIpc) is 2.97. The van der Waals surface area contributed by atoms with Crippen molar-refractivity contribution in [2.45, 2.75) is 58.4 Å². The van der Waals surface area contributed by atoms with E-state index in [1.54, 1.807) is 0 Å². The SMILES string of the molecule is CCC(C)(C)C1CCC2(CC1)NC(=O)N(CC(=O)NCCOc1ccc(F)cc1)C2=O. The molecule has 170 valence electrons. The molecule has 8 heteroatoms. The van der Waals surface area contributed by atoms with Crippen LogP contribution in [0.2, 0.25) is 0 Å². The number of hydrogen-bond donors (Lipinski definition) is 2. The number of hydrogen-bond acceptors (Lipinski definition) is 4. The van der Waals surface area contributed by atoms with E-state index >= 15 is 0 Å². The fourth-order valence-electron chi connectivity index (χ4n) is 4.43. The first kappa shape index (κ1) is 23.0. The van der Waals surface area contributed by atoms with Crippen LogP contribution < -0.4 is 15.4 Å². The number of halogens is 1. The van der Waals surface area contributed by atoms with E-state index in [-0.39, 0.29) is 36.8 Å². The Morgan fingerprint density at radius 3 is 2.52 bits per heavy atom. The van der Waals surface area contributed by atoms with Crippen molar-refractivity contribution in [1.82, 2.24) is 15.5 Å². The molecule has 2 N–H and O–H groups in total. The molecule has 31 heavy (non-hydrogen) atoms. The van der Waals surface area contributed by atoms with Crippen molar-refractivity contribution < 1.29 is 23.5 Å². The fourth-order valence-corrected chi connectivity index (χ4v) is 4.43. The summed E-state index contributed by atoms with van der Waals surface area (Å²) in [5.41, 5.74) is -0.661. The van der Waals surface area contributed by atoms with Crippen LogP contribution in [-0.2, 0) is 9.59 Å². The minimum Gasteiger partial charge on any atom is -0.492 e. The normalized spacial score (nSPS) is 23.7. The summed E-state index contributed by atoms with van der Waals surface area (Å²) in [6, 6.07) is 5.08. The molecule has 1 aliphatic carbocycles. The molecule has 4 amide bonds. The van der Waals surface area contributed by atoms with Gasteiger partial charge in [0.25, 0.3) is 5.91 Å². The number of rotatable bonds is 8. The van der Waals surface area contributed by atoms with Crippen LogP contribution in [0.4, 0.5) is 9.18 Å². The molecule has 1 spiro atoms. The topological polar surface area (TPSA) is 87.7 Å². The molecular weight excluding hydrogens is 401 g/mol. The molecule has 7 nitrogen and oxygen atoms in total. The van der Waals surface area contributed by atoms with Crippen molar-refractivity contribution in [2.75, 3.05) is 19.7 Å². The summed E-state index contributed by atoms with van der Waals surface area (Å²) in [5, 5.41) is 5.51. The number of nitrogens with zero attached hydrogens (tertiary/aromatic N) is 1. The Labute approximate surface area is 182 Å². The smallest absolute Gasteiger partial charge is 0.325 e. The summed E-state index contributed by atoms with van der Waals surface area (Å²) in [7, 11) is 0. The van der Waals surface area contributed by atoms with Gasteiger partial charge in [0.05, 0.1) is 6.54 Å². The number of benzene rings is 1. The van der Waals surface area contributed by atoms with Crippen LogP contribution in [-0.4, -0.2) is 48.0 Å². The molecule has 0 radical (unpaired) electrons. The fraction of sp³-hybridized carbons (Fsp3) is 0.609. The van der Waals surface area contributed by atoms with Crippen molar-refractivity contribution in [3.63, 3.8) is 0 Å². The molecule has 1 saturated carbocycles. The third-order valence-electron chi connectivity index (χ3n) is 6.91. The number of carbonyl (C=O) groups is 3. The number of urea groups is 1. The van der Waals surface area contributed by atoms with E-state index < -0.39 is 17.5 Å². The van der Waals surface area contributed by atoms with Gasteiger partial charge in [0.2, 0.25) is 5.91 Å². The van der Waals surface area contributed by atoms with Gasteiger partial charge in [-0.05, 0) is 61.3 Å². The van der Waals surface area contributed by atoms with Gasteiger partial charge in [0.15, 0.2) is 0 Å². The van der Waals surface area contributed by atoms with Gasteiger partial charge in [-0.25, -0.2) is 9.18 Å². The highest BCUT2D eigenvalue weighted by molar-refractivity contribution is 6.09. The highest BCUT2D eigenvalue weighted by Crippen LogP contribution is 2.45. The molecule has 2 aliphatic rings. The summed E-state index contributed by atoms with van der Waals surface area (Å²) in [4.78, 5) is 38.7. The van der Waals surface area contributed by atoms with Crippen LogP contribution in [0.5, 0.6) is 5.75 Å². The van der Waals surface area contributed by atoms with Crippen LogP contribution in [0.1, 0.15) is 52.9 Å². The van der Waals surface area contributed by atoms with Crippen molar-refractivity contribution in [1.29, 1.82) is 0 Å². The summed E-state index contributed by atoms with van der Waals surface area (Å²) >= 11 is 0. The molecule has 1 heterocycles. The summed E-state index contributed by atoms with van der Waals surface area (Å²) in [5.74, 6) is -0.0682. The van der Waals surface area contributed by atoms with Gasteiger partial charge in [-0.3, -0.25) is 14.5 Å². The first-order valence-electron chi connectivity index (χ1n) is 11.0. The number of imide groups is 1. The Kier molecular flexibility index (Phi) is 6.86. The van der Waals surface area contributed by atoms with Gasteiger partial charge < -0.3 is 15.4 Å². The van der Waals surface area contributed by atoms with E-state index in [2.05, 4.69) is 31.4 Å². The van der Waals surface area contributed by atoms with Crippen LogP contribution in [0, 0.1) is 17.2 Å². The monoisotopic (exact) mass is 433 g/mol. The Morgan fingerprint density at radius 2 is 1.90 bits per heavy atom. The Morgan fingerprint density at radius 1 is 1.26 bits per heavy atom. The van der Waals surface area contributed by atoms with Crippen LogP contribution in [0.15, 0.2) is 24.3 Å². The zero-order chi connectivity index (χ0) is 22.6. The predicted octanol–water partition coefficient (Wildman–Crippen LogP) is 3.24. The molecule has 0 unspecified atom stereocenters. The third-order valence-corrected chi connectivity index (χ3v) is 6.91. The van der Waals surface area contributed by atoms with Crippen LogP contribution in [0.25, 0.3) is 0 Å². The summed E-state index contributed by atoms with van der Waals surface area (Å²) in [6.45, 7) is 6.77. The lowest BCUT2D eigenvalue weighted by molar-refractivity contribution is -0.136. The Bertz CT molecular complexity index is 817. The lowest BCUT2D eigenvalue weighted by Gasteiger charge is -2.42. The lowest BCUT2D eigenvalue weighted by Crippen LogP contribution is -2.51. The number of amides is 4. The standard InChI is InChI=1S/C23H32FN3O4/c1-4-22(2,3)16-9-11-23(12-10-16)20(29)27(21(30)26-23)15-19(28)25-13-14-31-18-7-5-17(24)6-8-18/h5-8,16H,4,9-15H2,1-3H3,(H,25,28)(H,26,30). The Hall–Kier alpha value is -2.64. The van der Waals surface area contributed by atoms with Crippen LogP contribution >= 0.6 is 0 Å². The van der Waals surface area contributed by atoms with Crippen LogP contribution in [0.3, 0.4) is 0 Å². The van der Waals surface area contributed by atoms with Crippen molar-refractivity contribution in [3.05, 3.63) is 30.1 Å². The first-order valence-corrected chi connectivity index (χ1v) is 11.0. The Balaban J connectivity index is 1.46. The second kappa shape index (κ2) is 9.24. The van der Waals surface area contributed by atoms with Gasteiger partial charge in [-0.2, -0.15) is 0 Å². The van der Waals surface area contributed by atoms with Gasteiger partial charge in [0.1, 0.15) is 30.3 Å². The molecule has 1 aromatic carbocycles. The van der Waals surface area contributed by atoms with Crippen molar-refractivity contribution in [3.8, 4) is 5.75 Å². The maximum Gasteiger partial charge on any atom is 0.325 e. The molecule has 1 aromatic rings. The minimum absolute atomic E-state index is 0.191. The van der Waals surface area contributed by atoms with E-state index in [1.165, 1.54) is 24.3 Å². The molecule has 0 atom stereocenters. The van der Waals surface area contributed by atoms with Gasteiger partial charge in [-0.1, -0.05) is 27.2 Å². The molecule has 0 aromatic heterocycles. The first-order chi connectivity index (χ1) is 14.7. The summed E-state index contributed by atoms with van der Waals surface area (Å²) < 4.78 is 18.3. The highest BCUT2D eigenvalue weighted by atomic mass is 19.1. The van der Waals surface area contributed by atoms with E-state index in [1.807, 2.05) is 0 Å². The second-order valence-corrected chi connectivity index (χ2v) is 9.17. The second-order valence-electron chi connectivity index (χ2n) is 9.17. The largest absolute Gasteiger partial charge is 0.492 e. The predicted molar refractivity (Wildman–Crippen MR) is 114 cm³/mol. The number of nitrogens with one attached hydrogen (secondary N) is 2. The quantitative estimate of drug-likeness (QED) is 0.487. The average molecular weight is 434 g/mol. The molecule has 0 bridgehead atoms. The maximum atomic E-state index is 13.0.